The summed E-state index contributed by atoms with van der Waals surface area (Å²) in [6, 6.07) is 5.63. The average Bonchev–Trinajstić information content (AvgIpc) is 2.87. The second kappa shape index (κ2) is 6.05. The fraction of sp³-hybridized carbons (Fsp3) is 0.385. The Kier molecular flexibility index (Phi) is 4.17. The van der Waals surface area contributed by atoms with Gasteiger partial charge in [0.2, 0.25) is 5.95 Å². The molecule has 0 fully saturated rings. The minimum absolute atomic E-state index is 0.563. The number of aromatic nitrogens is 2. The smallest absolute Gasteiger partial charge is 0.224 e. The van der Waals surface area contributed by atoms with Gasteiger partial charge in [-0.15, -0.1) is 0 Å². The summed E-state index contributed by atoms with van der Waals surface area (Å²) in [6.45, 7) is 5.77. The van der Waals surface area contributed by atoms with Crippen LogP contribution in [0, 0.1) is 5.92 Å². The van der Waals surface area contributed by atoms with Crippen molar-refractivity contribution in [2.45, 2.75) is 20.4 Å². The molecule has 0 amide bonds. The van der Waals surface area contributed by atoms with E-state index in [-0.39, 0.29) is 0 Å². The van der Waals surface area contributed by atoms with Gasteiger partial charge in [0.15, 0.2) is 0 Å². The van der Waals surface area contributed by atoms with Crippen molar-refractivity contribution in [1.29, 1.82) is 0 Å². The number of furan rings is 1. The van der Waals surface area contributed by atoms with E-state index in [1.807, 2.05) is 18.2 Å². The van der Waals surface area contributed by atoms with Crippen molar-refractivity contribution in [2.24, 2.45) is 5.92 Å². The van der Waals surface area contributed by atoms with Gasteiger partial charge in [0.05, 0.1) is 12.8 Å². The molecular weight excluding hydrogens is 228 g/mol. The maximum atomic E-state index is 5.24. The van der Waals surface area contributed by atoms with Gasteiger partial charge in [-0.2, -0.15) is 4.98 Å². The Balaban J connectivity index is 1.90. The summed E-state index contributed by atoms with van der Waals surface area (Å²) in [5.41, 5.74) is 0. The van der Waals surface area contributed by atoms with Gasteiger partial charge in [0, 0.05) is 12.7 Å². The standard InChI is InChI=1S/C13H18N4O/c1-10(2)8-16-13-14-6-5-12(17-13)15-9-11-4-3-7-18-11/h3-7,10H,8-9H2,1-2H3,(H2,14,15,16,17). The van der Waals surface area contributed by atoms with E-state index < -0.39 is 0 Å². The fourth-order valence-electron chi connectivity index (χ4n) is 1.43. The van der Waals surface area contributed by atoms with Crippen LogP contribution in [-0.2, 0) is 6.54 Å². The third-order valence-electron chi connectivity index (χ3n) is 2.35. The van der Waals surface area contributed by atoms with Gasteiger partial charge < -0.3 is 15.1 Å². The molecule has 5 nitrogen and oxygen atoms in total. The minimum Gasteiger partial charge on any atom is -0.467 e. The lowest BCUT2D eigenvalue weighted by molar-refractivity contribution is 0.518. The van der Waals surface area contributed by atoms with Crippen molar-refractivity contribution < 1.29 is 4.42 Å². The van der Waals surface area contributed by atoms with Crippen LogP contribution in [-0.4, -0.2) is 16.5 Å². The molecule has 0 atom stereocenters. The van der Waals surface area contributed by atoms with E-state index in [2.05, 4.69) is 34.4 Å². The zero-order valence-corrected chi connectivity index (χ0v) is 10.7. The summed E-state index contributed by atoms with van der Waals surface area (Å²) in [5, 5.41) is 6.38. The van der Waals surface area contributed by atoms with Gasteiger partial charge in [0.1, 0.15) is 11.6 Å². The molecule has 18 heavy (non-hydrogen) atoms. The highest BCUT2D eigenvalue weighted by Gasteiger charge is 2.01. The first-order valence-corrected chi connectivity index (χ1v) is 6.07. The normalized spacial score (nSPS) is 10.6. The number of nitrogens with one attached hydrogen (secondary N) is 2. The van der Waals surface area contributed by atoms with Crippen molar-refractivity contribution in [3.05, 3.63) is 36.4 Å². The fourth-order valence-corrected chi connectivity index (χ4v) is 1.43. The minimum atomic E-state index is 0.563. The molecule has 2 heterocycles. The summed E-state index contributed by atoms with van der Waals surface area (Å²) in [4.78, 5) is 8.54. The van der Waals surface area contributed by atoms with Crippen LogP contribution in [0.25, 0.3) is 0 Å². The SMILES string of the molecule is CC(C)CNc1nccc(NCc2ccco2)n1. The van der Waals surface area contributed by atoms with E-state index in [0.29, 0.717) is 18.4 Å². The van der Waals surface area contributed by atoms with E-state index in [1.54, 1.807) is 12.5 Å². The van der Waals surface area contributed by atoms with Gasteiger partial charge in [0.25, 0.3) is 0 Å². The number of rotatable bonds is 6. The highest BCUT2D eigenvalue weighted by Crippen LogP contribution is 2.09. The molecular formula is C13H18N4O. The molecule has 0 saturated carbocycles. The number of anilines is 2. The summed E-state index contributed by atoms with van der Waals surface area (Å²) in [6.07, 6.45) is 3.40. The van der Waals surface area contributed by atoms with E-state index in [1.165, 1.54) is 0 Å². The molecule has 0 radical (unpaired) electrons. The van der Waals surface area contributed by atoms with Gasteiger partial charge >= 0.3 is 0 Å². The lowest BCUT2D eigenvalue weighted by Crippen LogP contribution is -2.11. The Morgan fingerprint density at radius 1 is 1.28 bits per heavy atom. The number of nitrogens with zero attached hydrogens (tertiary/aromatic N) is 2. The number of hydrogen-bond acceptors (Lipinski definition) is 5. The van der Waals surface area contributed by atoms with Crippen molar-refractivity contribution >= 4 is 11.8 Å². The Hall–Kier alpha value is -2.04. The molecule has 2 aromatic rings. The predicted molar refractivity (Wildman–Crippen MR) is 71.4 cm³/mol. The van der Waals surface area contributed by atoms with Gasteiger partial charge in [-0.3, -0.25) is 0 Å². The van der Waals surface area contributed by atoms with Gasteiger partial charge in [-0.1, -0.05) is 13.8 Å². The van der Waals surface area contributed by atoms with Crippen LogP contribution < -0.4 is 10.6 Å². The van der Waals surface area contributed by atoms with Crippen LogP contribution in [0.3, 0.4) is 0 Å². The topological polar surface area (TPSA) is 63.0 Å². The molecule has 0 unspecified atom stereocenters. The zero-order valence-electron chi connectivity index (χ0n) is 10.7. The van der Waals surface area contributed by atoms with Crippen molar-refractivity contribution in [3.8, 4) is 0 Å². The second-order valence-corrected chi connectivity index (χ2v) is 4.47. The van der Waals surface area contributed by atoms with Crippen LogP contribution in [0.5, 0.6) is 0 Å². The molecule has 2 N–H and O–H groups in total. The van der Waals surface area contributed by atoms with Crippen LogP contribution in [0.2, 0.25) is 0 Å². The van der Waals surface area contributed by atoms with Crippen LogP contribution in [0.1, 0.15) is 19.6 Å². The van der Waals surface area contributed by atoms with E-state index in [0.717, 1.165) is 18.1 Å². The van der Waals surface area contributed by atoms with E-state index in [9.17, 15) is 0 Å². The molecule has 0 bridgehead atoms. The monoisotopic (exact) mass is 246 g/mol. The maximum absolute atomic E-state index is 5.24. The van der Waals surface area contributed by atoms with Crippen molar-refractivity contribution in [3.63, 3.8) is 0 Å². The molecule has 0 aliphatic carbocycles. The Labute approximate surface area is 107 Å². The van der Waals surface area contributed by atoms with Crippen molar-refractivity contribution in [2.75, 3.05) is 17.2 Å². The van der Waals surface area contributed by atoms with Crippen LogP contribution >= 0.6 is 0 Å². The Bertz CT molecular complexity index is 468. The summed E-state index contributed by atoms with van der Waals surface area (Å²) >= 11 is 0. The summed E-state index contributed by atoms with van der Waals surface area (Å²) in [5.74, 6) is 2.87. The molecule has 2 rings (SSSR count). The van der Waals surface area contributed by atoms with Gasteiger partial charge in [-0.05, 0) is 24.1 Å². The Morgan fingerprint density at radius 2 is 2.17 bits per heavy atom. The quantitative estimate of drug-likeness (QED) is 0.820. The Morgan fingerprint density at radius 3 is 2.89 bits per heavy atom. The third kappa shape index (κ3) is 3.76. The predicted octanol–water partition coefficient (Wildman–Crippen LogP) is 2.75. The molecule has 0 aliphatic rings. The second-order valence-electron chi connectivity index (χ2n) is 4.47. The molecule has 2 aromatic heterocycles. The van der Waals surface area contributed by atoms with Crippen LogP contribution in [0.15, 0.2) is 35.1 Å². The largest absolute Gasteiger partial charge is 0.467 e. The molecule has 0 aromatic carbocycles. The first kappa shape index (κ1) is 12.4. The number of hydrogen-bond donors (Lipinski definition) is 2. The van der Waals surface area contributed by atoms with E-state index >= 15 is 0 Å². The highest BCUT2D eigenvalue weighted by atomic mass is 16.3. The lowest BCUT2D eigenvalue weighted by atomic mass is 10.2. The molecule has 0 saturated heterocycles. The van der Waals surface area contributed by atoms with Crippen LogP contribution in [0.4, 0.5) is 11.8 Å². The summed E-state index contributed by atoms with van der Waals surface area (Å²) < 4.78 is 5.24. The molecule has 5 heteroatoms. The lowest BCUT2D eigenvalue weighted by Gasteiger charge is -2.09. The molecule has 96 valence electrons. The zero-order chi connectivity index (χ0) is 12.8. The van der Waals surface area contributed by atoms with Gasteiger partial charge in [-0.25, -0.2) is 4.98 Å². The van der Waals surface area contributed by atoms with E-state index in [4.69, 9.17) is 4.42 Å². The molecule has 0 spiro atoms. The maximum Gasteiger partial charge on any atom is 0.224 e. The highest BCUT2D eigenvalue weighted by molar-refractivity contribution is 5.39. The average molecular weight is 246 g/mol. The summed E-state index contributed by atoms with van der Waals surface area (Å²) in [7, 11) is 0. The first-order chi connectivity index (χ1) is 8.74. The third-order valence-corrected chi connectivity index (χ3v) is 2.35. The molecule has 0 aliphatic heterocycles. The van der Waals surface area contributed by atoms with Crippen molar-refractivity contribution in [1.82, 2.24) is 9.97 Å². The first-order valence-electron chi connectivity index (χ1n) is 6.07.